The van der Waals surface area contributed by atoms with Gasteiger partial charge in [0.15, 0.2) is 0 Å². The van der Waals surface area contributed by atoms with Crippen LogP contribution in [-0.2, 0) is 9.53 Å². The second kappa shape index (κ2) is 5.07. The van der Waals surface area contributed by atoms with E-state index in [4.69, 9.17) is 5.73 Å². The summed E-state index contributed by atoms with van der Waals surface area (Å²) in [6.07, 6.45) is 2.07. The van der Waals surface area contributed by atoms with Gasteiger partial charge in [0, 0.05) is 23.0 Å². The minimum Gasteiger partial charge on any atom is -0.469 e. The number of hydrogen-bond donors (Lipinski definition) is 1. The molecule has 78 valence electrons. The van der Waals surface area contributed by atoms with Gasteiger partial charge in [-0.2, -0.15) is 0 Å². The largest absolute Gasteiger partial charge is 0.469 e. The van der Waals surface area contributed by atoms with Crippen LogP contribution in [-0.4, -0.2) is 24.1 Å². The van der Waals surface area contributed by atoms with Crippen molar-refractivity contribution >= 4 is 17.3 Å². The zero-order valence-electron chi connectivity index (χ0n) is 8.27. The van der Waals surface area contributed by atoms with Crippen LogP contribution < -0.4 is 5.73 Å². The lowest BCUT2D eigenvalue weighted by Gasteiger charge is -2.17. The third-order valence-electron chi connectivity index (χ3n) is 2.07. The Morgan fingerprint density at radius 3 is 2.93 bits per heavy atom. The molecule has 1 heterocycles. The lowest BCUT2D eigenvalue weighted by molar-refractivity contribution is -0.141. The second-order valence-electron chi connectivity index (χ2n) is 3.15. The number of nitrogens with two attached hydrogens (primary N) is 1. The van der Waals surface area contributed by atoms with Gasteiger partial charge in [-0.3, -0.25) is 9.78 Å². The van der Waals surface area contributed by atoms with Crippen LogP contribution in [0.4, 0.5) is 0 Å². The first-order valence-electron chi connectivity index (χ1n) is 4.36. The van der Waals surface area contributed by atoms with E-state index >= 15 is 0 Å². The average Bonchev–Trinajstić information content (AvgIpc) is 2.65. The maximum Gasteiger partial charge on any atom is 0.306 e. The Balaban J connectivity index is 2.70. The molecule has 0 aliphatic heterocycles. The van der Waals surface area contributed by atoms with Crippen LogP contribution in [0.15, 0.2) is 11.7 Å². The predicted octanol–water partition coefficient (Wildman–Crippen LogP) is 1.14. The fraction of sp³-hybridized carbons (Fsp3) is 0.556. The molecule has 0 aromatic carbocycles. The number of carbonyl (C=O) groups excluding carboxylic acids is 1. The van der Waals surface area contributed by atoms with Gasteiger partial charge < -0.3 is 10.5 Å². The third-order valence-corrected chi connectivity index (χ3v) is 2.97. The molecular weight excluding hydrogens is 200 g/mol. The number of methoxy groups -OCH3 is 1. The van der Waals surface area contributed by atoms with Crippen molar-refractivity contribution in [3.05, 3.63) is 16.6 Å². The summed E-state index contributed by atoms with van der Waals surface area (Å²) in [6.45, 7) is 1.88. The molecule has 4 nitrogen and oxygen atoms in total. The summed E-state index contributed by atoms with van der Waals surface area (Å²) in [6, 6.07) is -0.0745. The van der Waals surface area contributed by atoms with Gasteiger partial charge in [-0.25, -0.2) is 0 Å². The molecule has 1 aromatic heterocycles. The van der Waals surface area contributed by atoms with Crippen LogP contribution >= 0.6 is 11.3 Å². The summed E-state index contributed by atoms with van der Waals surface area (Å²) >= 11 is 1.51. The summed E-state index contributed by atoms with van der Waals surface area (Å²) in [5.41, 5.74) is 7.54. The molecule has 0 fully saturated rings. The van der Waals surface area contributed by atoms with Crippen LogP contribution in [0, 0.1) is 0 Å². The van der Waals surface area contributed by atoms with E-state index in [1.54, 1.807) is 11.7 Å². The number of ether oxygens (including phenoxy) is 1. The highest BCUT2D eigenvalue weighted by Gasteiger charge is 2.21. The van der Waals surface area contributed by atoms with Gasteiger partial charge in [0.2, 0.25) is 0 Å². The predicted molar refractivity (Wildman–Crippen MR) is 55.1 cm³/mol. The molecule has 1 aromatic rings. The van der Waals surface area contributed by atoms with Crippen molar-refractivity contribution in [3.63, 3.8) is 0 Å². The lowest BCUT2D eigenvalue weighted by Crippen LogP contribution is -2.26. The van der Waals surface area contributed by atoms with Crippen molar-refractivity contribution in [2.75, 3.05) is 7.11 Å². The third kappa shape index (κ3) is 2.78. The van der Waals surface area contributed by atoms with E-state index in [0.29, 0.717) is 6.42 Å². The van der Waals surface area contributed by atoms with Gasteiger partial charge in [-0.15, -0.1) is 11.3 Å². The molecule has 0 spiro atoms. The molecule has 0 radical (unpaired) electrons. The lowest BCUT2D eigenvalue weighted by atomic mass is 9.97. The zero-order chi connectivity index (χ0) is 10.6. The SMILES string of the molecule is COC(=O)CC(c1cncs1)C(C)N. The number of thiazole rings is 1. The fourth-order valence-electron chi connectivity index (χ4n) is 1.22. The van der Waals surface area contributed by atoms with Crippen LogP contribution in [0.2, 0.25) is 0 Å². The van der Waals surface area contributed by atoms with E-state index in [1.165, 1.54) is 18.4 Å². The van der Waals surface area contributed by atoms with Gasteiger partial charge in [0.05, 0.1) is 19.0 Å². The Bertz CT molecular complexity index is 285. The summed E-state index contributed by atoms with van der Waals surface area (Å²) in [4.78, 5) is 16.1. The van der Waals surface area contributed by atoms with Crippen molar-refractivity contribution in [2.45, 2.75) is 25.3 Å². The number of hydrogen-bond acceptors (Lipinski definition) is 5. The molecule has 0 aliphatic carbocycles. The van der Waals surface area contributed by atoms with E-state index in [1.807, 2.05) is 6.92 Å². The Labute approximate surface area is 87.1 Å². The normalized spacial score (nSPS) is 14.8. The molecule has 0 aliphatic rings. The number of esters is 1. The average molecular weight is 214 g/mol. The van der Waals surface area contributed by atoms with Crippen molar-refractivity contribution < 1.29 is 9.53 Å². The Morgan fingerprint density at radius 2 is 2.50 bits per heavy atom. The Hall–Kier alpha value is -0.940. The highest BCUT2D eigenvalue weighted by molar-refractivity contribution is 7.09. The zero-order valence-corrected chi connectivity index (χ0v) is 9.08. The quantitative estimate of drug-likeness (QED) is 0.763. The molecule has 0 bridgehead atoms. The van der Waals surface area contributed by atoms with Crippen molar-refractivity contribution in [1.82, 2.24) is 4.98 Å². The Kier molecular flexibility index (Phi) is 4.03. The van der Waals surface area contributed by atoms with E-state index in [2.05, 4.69) is 9.72 Å². The molecule has 0 saturated heterocycles. The van der Waals surface area contributed by atoms with Crippen LogP contribution in [0.3, 0.4) is 0 Å². The molecule has 0 amide bonds. The van der Waals surface area contributed by atoms with Crippen molar-refractivity contribution in [2.24, 2.45) is 5.73 Å². The number of aromatic nitrogens is 1. The standard InChI is InChI=1S/C9H14N2O2S/c1-6(10)7(3-9(12)13-2)8-4-11-5-14-8/h4-7H,3,10H2,1-2H3. The van der Waals surface area contributed by atoms with E-state index in [9.17, 15) is 4.79 Å². The van der Waals surface area contributed by atoms with E-state index in [-0.39, 0.29) is 17.9 Å². The molecule has 2 N–H and O–H groups in total. The van der Waals surface area contributed by atoms with E-state index < -0.39 is 0 Å². The number of rotatable bonds is 4. The highest BCUT2D eigenvalue weighted by atomic mass is 32.1. The van der Waals surface area contributed by atoms with Gasteiger partial charge >= 0.3 is 5.97 Å². The van der Waals surface area contributed by atoms with Crippen molar-refractivity contribution in [3.8, 4) is 0 Å². The number of carbonyl (C=O) groups is 1. The molecule has 5 heteroatoms. The monoisotopic (exact) mass is 214 g/mol. The van der Waals surface area contributed by atoms with Crippen molar-refractivity contribution in [1.29, 1.82) is 0 Å². The minimum absolute atomic E-state index is 0.00921. The summed E-state index contributed by atoms with van der Waals surface area (Å²) < 4.78 is 4.62. The first kappa shape index (κ1) is 11.1. The molecule has 1 rings (SSSR count). The molecule has 2 unspecified atom stereocenters. The Morgan fingerprint density at radius 1 is 1.79 bits per heavy atom. The van der Waals surface area contributed by atoms with Gasteiger partial charge in [-0.05, 0) is 6.92 Å². The van der Waals surface area contributed by atoms with E-state index in [0.717, 1.165) is 4.88 Å². The minimum atomic E-state index is -0.235. The summed E-state index contributed by atoms with van der Waals surface area (Å²) in [5, 5.41) is 0. The summed E-state index contributed by atoms with van der Waals surface area (Å²) in [7, 11) is 1.38. The molecular formula is C9H14N2O2S. The van der Waals surface area contributed by atoms with Gasteiger partial charge in [0.1, 0.15) is 0 Å². The first-order chi connectivity index (χ1) is 6.65. The number of nitrogens with zero attached hydrogens (tertiary/aromatic N) is 1. The van der Waals surface area contributed by atoms with Crippen LogP contribution in [0.5, 0.6) is 0 Å². The topological polar surface area (TPSA) is 65.2 Å². The smallest absolute Gasteiger partial charge is 0.306 e. The first-order valence-corrected chi connectivity index (χ1v) is 5.24. The molecule has 0 saturated carbocycles. The van der Waals surface area contributed by atoms with Crippen LogP contribution in [0.25, 0.3) is 0 Å². The molecule has 2 atom stereocenters. The van der Waals surface area contributed by atoms with Crippen LogP contribution in [0.1, 0.15) is 24.1 Å². The second-order valence-corrected chi connectivity index (χ2v) is 4.07. The molecule has 14 heavy (non-hydrogen) atoms. The maximum absolute atomic E-state index is 11.1. The highest BCUT2D eigenvalue weighted by Crippen LogP contribution is 2.25. The van der Waals surface area contributed by atoms with Gasteiger partial charge in [-0.1, -0.05) is 0 Å². The fourth-order valence-corrected chi connectivity index (χ4v) is 2.06. The van der Waals surface area contributed by atoms with Gasteiger partial charge in [0.25, 0.3) is 0 Å². The maximum atomic E-state index is 11.1. The summed E-state index contributed by atoms with van der Waals surface area (Å²) in [5.74, 6) is -0.226.